The SMILES string of the molecule is CCc1cnc(C)nc1N1CCC(=O)N(CC2CC2)[C@H](C(C)C)C1. The maximum absolute atomic E-state index is 12.8. The zero-order chi connectivity index (χ0) is 17.3. The van der Waals surface area contributed by atoms with E-state index < -0.39 is 0 Å². The standard InChI is InChI=1S/C19H30N4O/c1-5-16-10-20-14(4)21-19(16)22-9-8-18(24)23(11-15-6-7-15)17(12-22)13(2)3/h10,13,15,17H,5-9,11-12H2,1-4H3/t17-/m0/s1. The lowest BCUT2D eigenvalue weighted by Crippen LogP contribution is -2.47. The first kappa shape index (κ1) is 17.2. The first-order valence-electron chi connectivity index (χ1n) is 9.36. The minimum absolute atomic E-state index is 0.264. The number of carbonyl (C=O) groups is 1. The van der Waals surface area contributed by atoms with Crippen LogP contribution in [0.3, 0.4) is 0 Å². The van der Waals surface area contributed by atoms with Gasteiger partial charge in [-0.1, -0.05) is 20.8 Å². The molecule has 1 atom stereocenters. The maximum atomic E-state index is 12.8. The summed E-state index contributed by atoms with van der Waals surface area (Å²) in [6.45, 7) is 11.1. The number of rotatable bonds is 5. The Bertz CT molecular complexity index is 597. The molecule has 0 aromatic carbocycles. The summed E-state index contributed by atoms with van der Waals surface area (Å²) in [5, 5.41) is 0. The van der Waals surface area contributed by atoms with Gasteiger partial charge in [-0.3, -0.25) is 4.79 Å². The van der Waals surface area contributed by atoms with Crippen LogP contribution < -0.4 is 4.90 Å². The molecule has 1 aromatic heterocycles. The van der Waals surface area contributed by atoms with E-state index in [1.54, 1.807) is 0 Å². The Hall–Kier alpha value is -1.65. The lowest BCUT2D eigenvalue weighted by atomic mass is 10.0. The molecule has 1 aliphatic heterocycles. The molecule has 5 heteroatoms. The molecule has 24 heavy (non-hydrogen) atoms. The van der Waals surface area contributed by atoms with Gasteiger partial charge in [0.15, 0.2) is 0 Å². The zero-order valence-corrected chi connectivity index (χ0v) is 15.5. The highest BCUT2D eigenvalue weighted by molar-refractivity contribution is 5.78. The average Bonchev–Trinajstić information content (AvgIpc) is 3.37. The van der Waals surface area contributed by atoms with E-state index >= 15 is 0 Å². The molecule has 132 valence electrons. The van der Waals surface area contributed by atoms with Crippen molar-refractivity contribution < 1.29 is 4.79 Å². The van der Waals surface area contributed by atoms with E-state index in [1.807, 2.05) is 13.1 Å². The number of nitrogens with zero attached hydrogens (tertiary/aromatic N) is 4. The van der Waals surface area contributed by atoms with E-state index in [4.69, 9.17) is 4.98 Å². The summed E-state index contributed by atoms with van der Waals surface area (Å²) in [6, 6.07) is 0.264. The molecule has 0 bridgehead atoms. The number of aromatic nitrogens is 2. The molecule has 2 aliphatic rings. The lowest BCUT2D eigenvalue weighted by molar-refractivity contribution is -0.133. The van der Waals surface area contributed by atoms with E-state index in [2.05, 4.69) is 35.6 Å². The predicted octanol–water partition coefficient (Wildman–Crippen LogP) is 2.82. The second-order valence-electron chi connectivity index (χ2n) is 7.62. The highest BCUT2D eigenvalue weighted by atomic mass is 16.2. The molecule has 2 heterocycles. The van der Waals surface area contributed by atoms with Gasteiger partial charge in [0.1, 0.15) is 11.6 Å². The molecule has 1 saturated carbocycles. The van der Waals surface area contributed by atoms with Gasteiger partial charge in [-0.15, -0.1) is 0 Å². The Kier molecular flexibility index (Phi) is 5.07. The summed E-state index contributed by atoms with van der Waals surface area (Å²) < 4.78 is 0. The minimum atomic E-state index is 0.264. The van der Waals surface area contributed by atoms with E-state index in [-0.39, 0.29) is 6.04 Å². The van der Waals surface area contributed by atoms with Crippen LogP contribution in [0.5, 0.6) is 0 Å². The van der Waals surface area contributed by atoms with E-state index in [0.29, 0.717) is 18.2 Å². The van der Waals surface area contributed by atoms with Crippen LogP contribution in [0.4, 0.5) is 5.82 Å². The van der Waals surface area contributed by atoms with Crippen molar-refractivity contribution in [2.75, 3.05) is 24.5 Å². The Balaban J connectivity index is 1.88. The van der Waals surface area contributed by atoms with Gasteiger partial charge in [-0.05, 0) is 38.0 Å². The van der Waals surface area contributed by atoms with Crippen LogP contribution >= 0.6 is 0 Å². The third kappa shape index (κ3) is 3.70. The third-order valence-corrected chi connectivity index (χ3v) is 5.29. The molecule has 1 aromatic rings. The number of hydrogen-bond acceptors (Lipinski definition) is 4. The van der Waals surface area contributed by atoms with Crippen molar-refractivity contribution in [3.8, 4) is 0 Å². The van der Waals surface area contributed by atoms with Gasteiger partial charge < -0.3 is 9.80 Å². The molecule has 0 radical (unpaired) electrons. The predicted molar refractivity (Wildman–Crippen MR) is 96.0 cm³/mol. The van der Waals surface area contributed by atoms with Crippen LogP contribution in [0.1, 0.15) is 51.4 Å². The highest BCUT2D eigenvalue weighted by Crippen LogP contribution is 2.33. The second kappa shape index (κ2) is 7.08. The average molecular weight is 330 g/mol. The Morgan fingerprint density at radius 3 is 2.71 bits per heavy atom. The molecular weight excluding hydrogens is 300 g/mol. The van der Waals surface area contributed by atoms with Crippen molar-refractivity contribution in [3.05, 3.63) is 17.6 Å². The van der Waals surface area contributed by atoms with Crippen LogP contribution in [0.25, 0.3) is 0 Å². The summed E-state index contributed by atoms with van der Waals surface area (Å²) in [6.07, 6.45) is 6.00. The first-order valence-corrected chi connectivity index (χ1v) is 9.36. The quantitative estimate of drug-likeness (QED) is 0.833. The van der Waals surface area contributed by atoms with E-state index in [1.165, 1.54) is 18.4 Å². The number of carbonyl (C=O) groups excluding carboxylic acids is 1. The fourth-order valence-corrected chi connectivity index (χ4v) is 3.56. The molecule has 1 aliphatic carbocycles. The van der Waals surface area contributed by atoms with Crippen LogP contribution in [-0.2, 0) is 11.2 Å². The molecule has 0 N–H and O–H groups in total. The minimum Gasteiger partial charge on any atom is -0.354 e. The van der Waals surface area contributed by atoms with Crippen LogP contribution in [-0.4, -0.2) is 46.5 Å². The molecule has 0 spiro atoms. The maximum Gasteiger partial charge on any atom is 0.224 e. The van der Waals surface area contributed by atoms with Crippen molar-refractivity contribution >= 4 is 11.7 Å². The van der Waals surface area contributed by atoms with E-state index in [9.17, 15) is 4.79 Å². The summed E-state index contributed by atoms with van der Waals surface area (Å²) in [5.74, 6) is 3.31. The number of hydrogen-bond donors (Lipinski definition) is 0. The van der Waals surface area contributed by atoms with Crippen molar-refractivity contribution in [2.24, 2.45) is 11.8 Å². The molecule has 5 nitrogen and oxygen atoms in total. The van der Waals surface area contributed by atoms with Crippen LogP contribution in [0.2, 0.25) is 0 Å². The lowest BCUT2D eigenvalue weighted by Gasteiger charge is -2.35. The first-order chi connectivity index (χ1) is 11.5. The smallest absolute Gasteiger partial charge is 0.224 e. The fraction of sp³-hybridized carbons (Fsp3) is 0.737. The summed E-state index contributed by atoms with van der Waals surface area (Å²) in [4.78, 5) is 26.3. The summed E-state index contributed by atoms with van der Waals surface area (Å²) in [5.41, 5.74) is 1.17. The van der Waals surface area contributed by atoms with Gasteiger partial charge in [0, 0.05) is 37.8 Å². The van der Waals surface area contributed by atoms with Gasteiger partial charge in [-0.25, -0.2) is 9.97 Å². The molecule has 1 saturated heterocycles. The number of aryl methyl sites for hydroxylation is 2. The summed E-state index contributed by atoms with van der Waals surface area (Å²) >= 11 is 0. The molecule has 2 fully saturated rings. The number of anilines is 1. The van der Waals surface area contributed by atoms with Gasteiger partial charge >= 0.3 is 0 Å². The van der Waals surface area contributed by atoms with Gasteiger partial charge in [0.25, 0.3) is 0 Å². The Morgan fingerprint density at radius 2 is 2.08 bits per heavy atom. The van der Waals surface area contributed by atoms with Gasteiger partial charge in [0.05, 0.1) is 6.04 Å². The zero-order valence-electron chi connectivity index (χ0n) is 15.5. The second-order valence-corrected chi connectivity index (χ2v) is 7.62. The molecule has 1 amide bonds. The van der Waals surface area contributed by atoms with Gasteiger partial charge in [0.2, 0.25) is 5.91 Å². The highest BCUT2D eigenvalue weighted by Gasteiger charge is 2.36. The fourth-order valence-electron chi connectivity index (χ4n) is 3.56. The third-order valence-electron chi connectivity index (χ3n) is 5.29. The van der Waals surface area contributed by atoms with Gasteiger partial charge in [-0.2, -0.15) is 0 Å². The van der Waals surface area contributed by atoms with Crippen molar-refractivity contribution in [2.45, 2.75) is 59.4 Å². The summed E-state index contributed by atoms with van der Waals surface area (Å²) in [7, 11) is 0. The van der Waals surface area contributed by atoms with Crippen molar-refractivity contribution in [1.82, 2.24) is 14.9 Å². The monoisotopic (exact) mass is 330 g/mol. The molecule has 3 rings (SSSR count). The number of amides is 1. The molecule has 0 unspecified atom stereocenters. The largest absolute Gasteiger partial charge is 0.354 e. The Morgan fingerprint density at radius 1 is 1.33 bits per heavy atom. The Labute approximate surface area is 145 Å². The molecular formula is C19H30N4O. The van der Waals surface area contributed by atoms with Crippen molar-refractivity contribution in [3.63, 3.8) is 0 Å². The normalized spacial score (nSPS) is 22.2. The topological polar surface area (TPSA) is 49.3 Å². The van der Waals surface area contributed by atoms with E-state index in [0.717, 1.165) is 43.6 Å². The van der Waals surface area contributed by atoms with Crippen LogP contribution in [0.15, 0.2) is 6.20 Å². The van der Waals surface area contributed by atoms with Crippen LogP contribution in [0, 0.1) is 18.8 Å². The van der Waals surface area contributed by atoms with Crippen molar-refractivity contribution in [1.29, 1.82) is 0 Å².